The SMILES string of the molecule is [C-]#[N+]c1ccc(-c2nnc3c4cc(-c5ccccc5)c(-c5ccc(CN)cc5)nc4ccn23)cc1. The van der Waals surface area contributed by atoms with Gasteiger partial charge in [0.1, 0.15) is 0 Å². The summed E-state index contributed by atoms with van der Waals surface area (Å²) in [6.07, 6.45) is 1.95. The Bertz CT molecular complexity index is 1710. The third-order valence-electron chi connectivity index (χ3n) is 6.17. The molecular formula is C29H20N6. The van der Waals surface area contributed by atoms with Crippen LogP contribution in [0.15, 0.2) is 97.2 Å². The van der Waals surface area contributed by atoms with Crippen LogP contribution in [0.2, 0.25) is 0 Å². The minimum atomic E-state index is 0.505. The first-order chi connectivity index (χ1) is 17.2. The van der Waals surface area contributed by atoms with Gasteiger partial charge >= 0.3 is 0 Å². The molecule has 0 spiro atoms. The molecule has 3 aromatic heterocycles. The summed E-state index contributed by atoms with van der Waals surface area (Å²) in [5.41, 5.74) is 14.0. The smallest absolute Gasteiger partial charge is 0.187 e. The summed E-state index contributed by atoms with van der Waals surface area (Å²) in [6.45, 7) is 7.69. The lowest BCUT2D eigenvalue weighted by Gasteiger charge is -2.13. The average molecular weight is 453 g/mol. The van der Waals surface area contributed by atoms with Gasteiger partial charge in [0.05, 0.1) is 17.8 Å². The molecule has 3 heterocycles. The normalized spacial score (nSPS) is 11.1. The zero-order valence-electron chi connectivity index (χ0n) is 18.8. The number of hydrogen-bond donors (Lipinski definition) is 1. The average Bonchev–Trinajstić information content (AvgIpc) is 3.37. The molecule has 3 aromatic carbocycles. The van der Waals surface area contributed by atoms with Crippen molar-refractivity contribution in [3.63, 3.8) is 0 Å². The summed E-state index contributed by atoms with van der Waals surface area (Å²) >= 11 is 0. The molecule has 6 aromatic rings. The van der Waals surface area contributed by atoms with Gasteiger partial charge in [-0.25, -0.2) is 9.83 Å². The van der Waals surface area contributed by atoms with E-state index in [0.717, 1.165) is 55.9 Å². The van der Waals surface area contributed by atoms with Crippen molar-refractivity contribution in [3.8, 4) is 33.8 Å². The van der Waals surface area contributed by atoms with E-state index in [1.165, 1.54) is 0 Å². The van der Waals surface area contributed by atoms with E-state index < -0.39 is 0 Å². The van der Waals surface area contributed by atoms with Crippen LogP contribution in [0.25, 0.3) is 55.2 Å². The van der Waals surface area contributed by atoms with E-state index >= 15 is 0 Å². The fraction of sp³-hybridized carbons (Fsp3) is 0.0345. The highest BCUT2D eigenvalue weighted by Gasteiger charge is 2.16. The number of nitrogens with two attached hydrogens (primary N) is 1. The summed E-state index contributed by atoms with van der Waals surface area (Å²) in [4.78, 5) is 8.56. The Labute approximate surface area is 202 Å². The molecule has 0 saturated heterocycles. The number of nitrogens with zero attached hydrogens (tertiary/aromatic N) is 5. The predicted octanol–water partition coefficient (Wildman–Crippen LogP) is 6.29. The van der Waals surface area contributed by atoms with E-state index in [9.17, 15) is 0 Å². The highest BCUT2D eigenvalue weighted by atomic mass is 15.2. The number of aromatic nitrogens is 4. The molecule has 0 bridgehead atoms. The quantitative estimate of drug-likeness (QED) is 0.319. The van der Waals surface area contributed by atoms with E-state index in [1.807, 2.05) is 59.1 Å². The summed E-state index contributed by atoms with van der Waals surface area (Å²) in [6, 6.07) is 30.0. The van der Waals surface area contributed by atoms with Crippen molar-refractivity contribution in [1.29, 1.82) is 0 Å². The first-order valence-electron chi connectivity index (χ1n) is 11.3. The Kier molecular flexibility index (Phi) is 5.03. The lowest BCUT2D eigenvalue weighted by Crippen LogP contribution is -1.97. The number of pyridine rings is 2. The third kappa shape index (κ3) is 3.61. The van der Waals surface area contributed by atoms with E-state index in [2.05, 4.69) is 45.4 Å². The number of hydrogen-bond acceptors (Lipinski definition) is 4. The Balaban J connectivity index is 1.58. The topological polar surface area (TPSA) is 73.5 Å². The summed E-state index contributed by atoms with van der Waals surface area (Å²) in [5.74, 6) is 0.723. The maximum absolute atomic E-state index is 7.18. The van der Waals surface area contributed by atoms with Crippen LogP contribution in [0.4, 0.5) is 5.69 Å². The van der Waals surface area contributed by atoms with E-state index in [1.54, 1.807) is 12.1 Å². The highest BCUT2D eigenvalue weighted by Crippen LogP contribution is 2.35. The first kappa shape index (κ1) is 20.7. The van der Waals surface area contributed by atoms with Crippen molar-refractivity contribution in [2.75, 3.05) is 0 Å². The van der Waals surface area contributed by atoms with E-state index in [-0.39, 0.29) is 0 Å². The van der Waals surface area contributed by atoms with Gasteiger partial charge in [0.2, 0.25) is 0 Å². The number of benzene rings is 3. The Morgan fingerprint density at radius 1 is 0.800 bits per heavy atom. The molecule has 0 aliphatic heterocycles. The molecule has 6 nitrogen and oxygen atoms in total. The maximum Gasteiger partial charge on any atom is 0.187 e. The maximum atomic E-state index is 7.18. The highest BCUT2D eigenvalue weighted by molar-refractivity contribution is 5.98. The molecule has 0 saturated carbocycles. The third-order valence-corrected chi connectivity index (χ3v) is 6.17. The van der Waals surface area contributed by atoms with Gasteiger partial charge in [0.25, 0.3) is 0 Å². The van der Waals surface area contributed by atoms with Gasteiger partial charge in [-0.2, -0.15) is 0 Å². The standard InChI is InChI=1S/C29H20N6/c1-31-23-13-11-22(12-14-23)28-33-34-29-25-17-24(20-5-3-2-4-6-20)27(32-26(25)15-16-35(28)29)21-9-7-19(18-30)8-10-21/h2-17H,18,30H2. The zero-order chi connectivity index (χ0) is 23.8. The van der Waals surface area contributed by atoms with Gasteiger partial charge in [-0.05, 0) is 23.3 Å². The minimum Gasteiger partial charge on any atom is -0.326 e. The first-order valence-corrected chi connectivity index (χ1v) is 11.3. The van der Waals surface area contributed by atoms with Crippen molar-refractivity contribution >= 4 is 22.2 Å². The monoisotopic (exact) mass is 452 g/mol. The molecule has 0 aliphatic carbocycles. The van der Waals surface area contributed by atoms with Crippen molar-refractivity contribution < 1.29 is 0 Å². The van der Waals surface area contributed by atoms with E-state index in [0.29, 0.717) is 12.2 Å². The van der Waals surface area contributed by atoms with Gasteiger partial charge in [-0.1, -0.05) is 78.9 Å². The van der Waals surface area contributed by atoms with Gasteiger partial charge in [-0.15, -0.1) is 10.2 Å². The summed E-state index contributed by atoms with van der Waals surface area (Å²) in [7, 11) is 0. The lowest BCUT2D eigenvalue weighted by atomic mass is 9.97. The predicted molar refractivity (Wildman–Crippen MR) is 139 cm³/mol. The zero-order valence-corrected chi connectivity index (χ0v) is 18.8. The largest absolute Gasteiger partial charge is 0.326 e. The van der Waals surface area contributed by atoms with Crippen LogP contribution in [0.3, 0.4) is 0 Å². The van der Waals surface area contributed by atoms with Gasteiger partial charge in [0, 0.05) is 34.8 Å². The number of fused-ring (bicyclic) bond motifs is 3. The molecule has 0 atom stereocenters. The van der Waals surface area contributed by atoms with E-state index in [4.69, 9.17) is 17.3 Å². The second kappa shape index (κ2) is 8.49. The van der Waals surface area contributed by atoms with Crippen molar-refractivity contribution in [2.24, 2.45) is 5.73 Å². The van der Waals surface area contributed by atoms with Crippen molar-refractivity contribution in [3.05, 3.63) is 114 Å². The molecule has 6 heteroatoms. The van der Waals surface area contributed by atoms with Gasteiger partial charge < -0.3 is 5.73 Å². The van der Waals surface area contributed by atoms with Crippen LogP contribution in [-0.2, 0) is 6.54 Å². The Morgan fingerprint density at radius 2 is 1.54 bits per heavy atom. The van der Waals surface area contributed by atoms with Gasteiger partial charge in [0.15, 0.2) is 17.2 Å². The van der Waals surface area contributed by atoms with Crippen molar-refractivity contribution in [2.45, 2.75) is 6.54 Å². The van der Waals surface area contributed by atoms with Crippen LogP contribution >= 0.6 is 0 Å². The summed E-state index contributed by atoms with van der Waals surface area (Å²) < 4.78 is 1.97. The minimum absolute atomic E-state index is 0.505. The molecule has 0 radical (unpaired) electrons. The fourth-order valence-corrected chi connectivity index (χ4v) is 4.33. The molecule has 35 heavy (non-hydrogen) atoms. The Morgan fingerprint density at radius 3 is 2.26 bits per heavy atom. The van der Waals surface area contributed by atoms with Crippen LogP contribution in [0, 0.1) is 6.57 Å². The molecule has 166 valence electrons. The summed E-state index contributed by atoms with van der Waals surface area (Å²) in [5, 5.41) is 9.91. The van der Waals surface area contributed by atoms with Crippen LogP contribution in [0.1, 0.15) is 5.56 Å². The molecule has 0 amide bonds. The molecule has 6 rings (SSSR count). The van der Waals surface area contributed by atoms with Crippen LogP contribution in [-0.4, -0.2) is 19.6 Å². The fourth-order valence-electron chi connectivity index (χ4n) is 4.33. The second-order valence-corrected chi connectivity index (χ2v) is 8.28. The second-order valence-electron chi connectivity index (χ2n) is 8.28. The lowest BCUT2D eigenvalue weighted by molar-refractivity contribution is 1.07. The number of rotatable bonds is 4. The Hall–Kier alpha value is -4.86. The van der Waals surface area contributed by atoms with Crippen LogP contribution < -0.4 is 5.73 Å². The molecule has 2 N–H and O–H groups in total. The van der Waals surface area contributed by atoms with Crippen molar-refractivity contribution in [1.82, 2.24) is 19.6 Å². The molecule has 0 fully saturated rings. The molecule has 0 aliphatic rings. The van der Waals surface area contributed by atoms with Crippen LogP contribution in [0.5, 0.6) is 0 Å². The molecular weight excluding hydrogens is 432 g/mol. The molecule has 0 unspecified atom stereocenters. The van der Waals surface area contributed by atoms with Gasteiger partial charge in [-0.3, -0.25) is 4.40 Å².